The molecule has 0 spiro atoms. The highest BCUT2D eigenvalue weighted by atomic mass is 14.0. The zero-order chi connectivity index (χ0) is 11.1. The molecule has 0 nitrogen and oxygen atoms in total. The second-order valence-corrected chi connectivity index (χ2v) is 3.89. The van der Waals surface area contributed by atoms with E-state index in [4.69, 9.17) is 0 Å². The van der Waals surface area contributed by atoms with Gasteiger partial charge in [-0.1, -0.05) is 55.0 Å². The monoisotopic (exact) mass is 200 g/mol. The van der Waals surface area contributed by atoms with E-state index in [9.17, 15) is 0 Å². The van der Waals surface area contributed by atoms with Crippen LogP contribution in [0, 0.1) is 0 Å². The minimum absolute atomic E-state index is 1.05. The maximum absolute atomic E-state index is 2.23. The topological polar surface area (TPSA) is 0 Å². The van der Waals surface area contributed by atoms with Crippen molar-refractivity contribution in [3.63, 3.8) is 0 Å². The third kappa shape index (κ3) is 4.16. The molecule has 0 heteroatoms. The van der Waals surface area contributed by atoms with E-state index in [-0.39, 0.29) is 0 Å². The summed E-state index contributed by atoms with van der Waals surface area (Å²) in [6, 6.07) is 8.90. The number of hydrogen-bond donors (Lipinski definition) is 0. The Bertz CT molecular complexity index is 339. The summed E-state index contributed by atoms with van der Waals surface area (Å²) in [5.74, 6) is 0. The quantitative estimate of drug-likeness (QED) is 0.635. The number of allylic oxidation sites excluding steroid dienone is 4. The van der Waals surface area contributed by atoms with Crippen molar-refractivity contribution in [3.8, 4) is 0 Å². The molecule has 0 unspecified atom stereocenters. The summed E-state index contributed by atoms with van der Waals surface area (Å²) < 4.78 is 0. The molecule has 0 bridgehead atoms. The van der Waals surface area contributed by atoms with Gasteiger partial charge in [0.05, 0.1) is 0 Å². The lowest BCUT2D eigenvalue weighted by molar-refractivity contribution is 1.10. The average Bonchev–Trinajstić information content (AvgIpc) is 2.27. The summed E-state index contributed by atoms with van der Waals surface area (Å²) in [7, 11) is 0. The molecule has 1 aromatic carbocycles. The van der Waals surface area contributed by atoms with Crippen LogP contribution in [0.4, 0.5) is 0 Å². The van der Waals surface area contributed by atoms with Gasteiger partial charge in [-0.2, -0.15) is 0 Å². The van der Waals surface area contributed by atoms with Gasteiger partial charge in [0, 0.05) is 0 Å². The van der Waals surface area contributed by atoms with Crippen LogP contribution in [-0.4, -0.2) is 0 Å². The predicted molar refractivity (Wildman–Crippen MR) is 68.1 cm³/mol. The van der Waals surface area contributed by atoms with E-state index in [2.05, 4.69) is 56.3 Å². The molecular formula is C15H20. The molecule has 15 heavy (non-hydrogen) atoms. The van der Waals surface area contributed by atoms with Crippen molar-refractivity contribution in [2.24, 2.45) is 0 Å². The van der Waals surface area contributed by atoms with Crippen LogP contribution in [0.3, 0.4) is 0 Å². The SMILES string of the molecule is C/C=C\C=C(/C)Cc1ccc(CC)cc1. The van der Waals surface area contributed by atoms with Gasteiger partial charge in [-0.25, -0.2) is 0 Å². The van der Waals surface area contributed by atoms with E-state index in [0.29, 0.717) is 0 Å². The van der Waals surface area contributed by atoms with Crippen molar-refractivity contribution in [2.45, 2.75) is 33.6 Å². The Morgan fingerprint density at radius 3 is 2.27 bits per heavy atom. The van der Waals surface area contributed by atoms with E-state index in [0.717, 1.165) is 12.8 Å². The van der Waals surface area contributed by atoms with Crippen LogP contribution in [0.1, 0.15) is 31.9 Å². The fourth-order valence-electron chi connectivity index (χ4n) is 1.53. The molecule has 0 heterocycles. The van der Waals surface area contributed by atoms with Crippen LogP contribution in [0.5, 0.6) is 0 Å². The molecule has 0 radical (unpaired) electrons. The number of hydrogen-bond acceptors (Lipinski definition) is 0. The first-order valence-electron chi connectivity index (χ1n) is 5.62. The van der Waals surface area contributed by atoms with E-state index in [1.807, 2.05) is 6.92 Å². The van der Waals surface area contributed by atoms with Crippen LogP contribution >= 0.6 is 0 Å². The van der Waals surface area contributed by atoms with Crippen molar-refractivity contribution >= 4 is 0 Å². The Morgan fingerprint density at radius 1 is 1.13 bits per heavy atom. The van der Waals surface area contributed by atoms with Gasteiger partial charge in [0.25, 0.3) is 0 Å². The zero-order valence-electron chi connectivity index (χ0n) is 9.96. The summed E-state index contributed by atoms with van der Waals surface area (Å²) in [6.45, 7) is 6.40. The smallest absolute Gasteiger partial charge is 0.00668 e. The lowest BCUT2D eigenvalue weighted by Crippen LogP contribution is -1.87. The molecular weight excluding hydrogens is 180 g/mol. The van der Waals surface area contributed by atoms with Gasteiger partial charge in [-0.05, 0) is 37.8 Å². The number of aryl methyl sites for hydroxylation is 1. The second kappa shape index (κ2) is 6.23. The summed E-state index contributed by atoms with van der Waals surface area (Å²) in [5, 5.41) is 0. The highest BCUT2D eigenvalue weighted by Crippen LogP contribution is 2.10. The first-order valence-corrected chi connectivity index (χ1v) is 5.62. The standard InChI is InChI=1S/C15H20/c1-4-6-7-13(3)12-15-10-8-14(5-2)9-11-15/h4,6-11H,5,12H2,1-3H3/b6-4-,13-7+. The molecule has 0 atom stereocenters. The van der Waals surface area contributed by atoms with Gasteiger partial charge in [0.2, 0.25) is 0 Å². The molecule has 0 aliphatic rings. The number of benzene rings is 1. The van der Waals surface area contributed by atoms with Gasteiger partial charge in [-0.15, -0.1) is 0 Å². The minimum Gasteiger partial charge on any atom is -0.0877 e. The van der Waals surface area contributed by atoms with Gasteiger partial charge >= 0.3 is 0 Å². The molecule has 0 aliphatic heterocycles. The van der Waals surface area contributed by atoms with E-state index in [1.54, 1.807) is 0 Å². The van der Waals surface area contributed by atoms with Gasteiger partial charge in [0.1, 0.15) is 0 Å². The first kappa shape index (κ1) is 11.8. The summed E-state index contributed by atoms with van der Waals surface area (Å²) in [5.41, 5.74) is 4.21. The Morgan fingerprint density at radius 2 is 1.73 bits per heavy atom. The van der Waals surface area contributed by atoms with Crippen LogP contribution in [0.25, 0.3) is 0 Å². The fourth-order valence-corrected chi connectivity index (χ4v) is 1.53. The summed E-state index contributed by atoms with van der Waals surface area (Å²) in [6.07, 6.45) is 8.50. The molecule has 0 aliphatic carbocycles. The molecule has 0 fully saturated rings. The van der Waals surface area contributed by atoms with Crippen molar-refractivity contribution in [1.29, 1.82) is 0 Å². The first-order chi connectivity index (χ1) is 7.26. The minimum atomic E-state index is 1.05. The Hall–Kier alpha value is -1.30. The zero-order valence-corrected chi connectivity index (χ0v) is 9.96. The predicted octanol–water partition coefficient (Wildman–Crippen LogP) is 4.31. The van der Waals surface area contributed by atoms with Gasteiger partial charge < -0.3 is 0 Å². The average molecular weight is 200 g/mol. The van der Waals surface area contributed by atoms with E-state index >= 15 is 0 Å². The van der Waals surface area contributed by atoms with Crippen LogP contribution < -0.4 is 0 Å². The van der Waals surface area contributed by atoms with Crippen LogP contribution in [0.15, 0.2) is 48.1 Å². The molecule has 80 valence electrons. The maximum atomic E-state index is 2.23. The van der Waals surface area contributed by atoms with Crippen LogP contribution in [-0.2, 0) is 12.8 Å². The van der Waals surface area contributed by atoms with Crippen molar-refractivity contribution in [1.82, 2.24) is 0 Å². The molecule has 0 amide bonds. The number of rotatable bonds is 4. The molecule has 1 aromatic rings. The highest BCUT2D eigenvalue weighted by Gasteiger charge is 1.94. The second-order valence-electron chi connectivity index (χ2n) is 3.89. The Kier molecular flexibility index (Phi) is 4.89. The van der Waals surface area contributed by atoms with Gasteiger partial charge in [0.15, 0.2) is 0 Å². The molecule has 0 N–H and O–H groups in total. The van der Waals surface area contributed by atoms with Crippen molar-refractivity contribution in [3.05, 3.63) is 59.2 Å². The van der Waals surface area contributed by atoms with Gasteiger partial charge in [-0.3, -0.25) is 0 Å². The highest BCUT2D eigenvalue weighted by molar-refractivity contribution is 5.27. The van der Waals surface area contributed by atoms with E-state index < -0.39 is 0 Å². The molecule has 0 aromatic heterocycles. The van der Waals surface area contributed by atoms with Crippen LogP contribution in [0.2, 0.25) is 0 Å². The molecule has 0 saturated heterocycles. The third-order valence-corrected chi connectivity index (χ3v) is 2.49. The maximum Gasteiger partial charge on any atom is -0.00668 e. The Balaban J connectivity index is 2.64. The fraction of sp³-hybridized carbons (Fsp3) is 0.333. The van der Waals surface area contributed by atoms with Crippen molar-refractivity contribution < 1.29 is 0 Å². The largest absolute Gasteiger partial charge is 0.0877 e. The molecule has 0 saturated carbocycles. The lowest BCUT2D eigenvalue weighted by atomic mass is 10.0. The van der Waals surface area contributed by atoms with E-state index in [1.165, 1.54) is 16.7 Å². The Labute approximate surface area is 93.3 Å². The lowest BCUT2D eigenvalue weighted by Gasteiger charge is -2.02. The summed E-state index contributed by atoms with van der Waals surface area (Å²) in [4.78, 5) is 0. The molecule has 1 rings (SSSR count). The van der Waals surface area contributed by atoms with Crippen molar-refractivity contribution in [2.75, 3.05) is 0 Å². The third-order valence-electron chi connectivity index (χ3n) is 2.49. The normalized spacial score (nSPS) is 12.3. The summed E-state index contributed by atoms with van der Waals surface area (Å²) >= 11 is 0.